The second kappa shape index (κ2) is 5.61. The Bertz CT molecular complexity index is 611. The highest BCUT2D eigenvalue weighted by molar-refractivity contribution is 8.08. The third-order valence-electron chi connectivity index (χ3n) is 1.82. The van der Waals surface area contributed by atoms with Crippen molar-refractivity contribution in [1.82, 2.24) is 0 Å². The van der Waals surface area contributed by atoms with Gasteiger partial charge in [0.05, 0.1) is 5.56 Å². The van der Waals surface area contributed by atoms with Crippen LogP contribution < -0.4 is 0 Å². The molecule has 0 aliphatic carbocycles. The van der Waals surface area contributed by atoms with Gasteiger partial charge in [0.25, 0.3) is 16.0 Å². The smallest absolute Gasteiger partial charge is 0.287 e. The quantitative estimate of drug-likeness (QED) is 0.603. The molecule has 0 aliphatic heterocycles. The van der Waals surface area contributed by atoms with Gasteiger partial charge in [-0.25, -0.2) is 0 Å². The average Bonchev–Trinajstić information content (AvgIpc) is 2.25. The van der Waals surface area contributed by atoms with Crippen LogP contribution >= 0.6 is 28.3 Å². The second-order valence-corrected chi connectivity index (χ2v) is 10.0. The molecule has 0 spiro atoms. The van der Waals surface area contributed by atoms with Crippen molar-refractivity contribution in [3.63, 3.8) is 0 Å². The van der Waals surface area contributed by atoms with Gasteiger partial charge in [-0.05, 0) is 34.6 Å². The highest BCUT2D eigenvalue weighted by Crippen LogP contribution is 2.56. The fraction of sp³-hybridized carbons (Fsp3) is 0.250. The molecule has 0 fully saturated rings. The molecular formula is C8H6Cl2F3O4PS. The minimum atomic E-state index is -4.88. The maximum atomic E-state index is 12.6. The largest absolute Gasteiger partial charge is 0.417 e. The first-order chi connectivity index (χ1) is 8.43. The molecule has 0 saturated heterocycles. The zero-order valence-electron chi connectivity index (χ0n) is 8.89. The Labute approximate surface area is 116 Å². The molecule has 4 nitrogen and oxygen atoms in total. The maximum Gasteiger partial charge on any atom is 0.417 e. The molecule has 1 aromatic rings. The van der Waals surface area contributed by atoms with Crippen molar-refractivity contribution in [1.29, 1.82) is 0 Å². The predicted octanol–water partition coefficient (Wildman–Crippen LogP) is 4.04. The number of hydrogen-bond donors (Lipinski definition) is 0. The van der Waals surface area contributed by atoms with Crippen LogP contribution in [0, 0.1) is 0 Å². The summed E-state index contributed by atoms with van der Waals surface area (Å²) in [6, 6.07) is 3.41. The molecule has 0 aromatic heterocycles. The summed E-state index contributed by atoms with van der Waals surface area (Å²) in [4.78, 5) is -1.09. The number of rotatable bonds is 4. The van der Waals surface area contributed by atoms with Crippen LogP contribution in [0.25, 0.3) is 0 Å². The summed E-state index contributed by atoms with van der Waals surface area (Å²) < 4.78 is 76.1. The molecule has 0 heterocycles. The van der Waals surface area contributed by atoms with Crippen LogP contribution in [0.1, 0.15) is 5.56 Å². The van der Waals surface area contributed by atoms with E-state index < -0.39 is 38.9 Å². The topological polar surface area (TPSA) is 60.4 Å². The molecule has 0 bridgehead atoms. The lowest BCUT2D eigenvalue weighted by Gasteiger charge is -2.12. The van der Waals surface area contributed by atoms with E-state index in [1.807, 2.05) is 0 Å². The van der Waals surface area contributed by atoms with Gasteiger partial charge < -0.3 is 0 Å². The summed E-state index contributed by atoms with van der Waals surface area (Å²) in [5, 5.41) is 0. The molecule has 0 N–H and O–H groups in total. The van der Waals surface area contributed by atoms with Crippen LogP contribution in [-0.2, 0) is 25.0 Å². The van der Waals surface area contributed by atoms with Crippen LogP contribution in [0.15, 0.2) is 29.2 Å². The van der Waals surface area contributed by atoms with Crippen molar-refractivity contribution in [2.24, 2.45) is 0 Å². The summed E-state index contributed by atoms with van der Waals surface area (Å²) in [5.41, 5.74) is -1.39. The van der Waals surface area contributed by atoms with E-state index in [1.54, 1.807) is 0 Å². The highest BCUT2D eigenvalue weighted by Gasteiger charge is 2.37. The third-order valence-corrected chi connectivity index (χ3v) is 4.33. The molecule has 0 aliphatic rings. The van der Waals surface area contributed by atoms with E-state index in [1.165, 1.54) is 0 Å². The van der Waals surface area contributed by atoms with E-state index in [4.69, 9.17) is 22.5 Å². The highest BCUT2D eigenvalue weighted by atomic mass is 35.9. The molecule has 0 atom stereocenters. The molecule has 108 valence electrons. The molecule has 11 heteroatoms. The first-order valence-electron chi connectivity index (χ1n) is 4.47. The first-order valence-corrected chi connectivity index (χ1v) is 9.58. The Kier molecular flexibility index (Phi) is 4.96. The van der Waals surface area contributed by atoms with Crippen LogP contribution in [-0.4, -0.2) is 14.8 Å². The molecule has 1 aromatic carbocycles. The van der Waals surface area contributed by atoms with E-state index in [0.29, 0.717) is 12.1 Å². The van der Waals surface area contributed by atoms with Gasteiger partial charge in [0.1, 0.15) is 11.2 Å². The summed E-state index contributed by atoms with van der Waals surface area (Å²) in [7, 11) is -4.77. The standard InChI is InChI=1S/C8H6Cl2F3O4PS/c9-18(10,14)5-17-19(15,16)7-4-2-1-3-6(7)8(11,12)13/h1-4H,5H2. The van der Waals surface area contributed by atoms with Gasteiger partial charge in [0.2, 0.25) is 0 Å². The zero-order valence-corrected chi connectivity index (χ0v) is 12.1. The van der Waals surface area contributed by atoms with Crippen molar-refractivity contribution < 1.29 is 30.3 Å². The monoisotopic (exact) mass is 356 g/mol. The summed E-state index contributed by atoms with van der Waals surface area (Å²) >= 11 is 10.1. The van der Waals surface area contributed by atoms with Crippen molar-refractivity contribution in [2.45, 2.75) is 11.1 Å². The van der Waals surface area contributed by atoms with E-state index in [-0.39, 0.29) is 0 Å². The molecular weight excluding hydrogens is 351 g/mol. The number of benzene rings is 1. The fourth-order valence-electron chi connectivity index (χ4n) is 1.11. The van der Waals surface area contributed by atoms with Crippen LogP contribution in [0.5, 0.6) is 0 Å². The molecule has 0 saturated carbocycles. The molecule has 0 radical (unpaired) electrons. The van der Waals surface area contributed by atoms with Crippen molar-refractivity contribution in [2.75, 3.05) is 6.35 Å². The average molecular weight is 357 g/mol. The number of halogens is 5. The van der Waals surface area contributed by atoms with Crippen molar-refractivity contribution >= 4 is 38.4 Å². The Balaban J connectivity index is 3.20. The second-order valence-electron chi connectivity index (χ2n) is 3.27. The molecule has 0 amide bonds. The lowest BCUT2D eigenvalue weighted by atomic mass is 10.2. The van der Waals surface area contributed by atoms with Gasteiger partial charge in [-0.3, -0.25) is 8.75 Å². The Morgan fingerprint density at radius 1 is 1.21 bits per heavy atom. The van der Waals surface area contributed by atoms with E-state index in [9.17, 15) is 26.2 Å². The number of hydrogen-bond acceptors (Lipinski definition) is 4. The van der Waals surface area contributed by atoms with Gasteiger partial charge in [-0.15, -0.1) is 0 Å². The lowest BCUT2D eigenvalue weighted by molar-refractivity contribution is -0.140. The van der Waals surface area contributed by atoms with E-state index in [0.717, 1.165) is 12.1 Å². The predicted molar refractivity (Wildman–Crippen MR) is 63.9 cm³/mol. The van der Waals surface area contributed by atoms with Gasteiger partial charge in [0.15, 0.2) is 0 Å². The number of alkyl halides is 3. The van der Waals surface area contributed by atoms with Crippen molar-refractivity contribution in [3.05, 3.63) is 29.8 Å². The van der Waals surface area contributed by atoms with Crippen LogP contribution in [0.4, 0.5) is 13.2 Å². The van der Waals surface area contributed by atoms with Gasteiger partial charge in [0, 0.05) is 0 Å². The van der Waals surface area contributed by atoms with E-state index >= 15 is 0 Å². The van der Waals surface area contributed by atoms with Crippen molar-refractivity contribution in [3.8, 4) is 0 Å². The SMILES string of the molecule is O=P(Cl)(Cl)COS(=O)(=O)c1ccccc1C(F)(F)F. The molecule has 1 rings (SSSR count). The minimum Gasteiger partial charge on any atom is -0.287 e. The Hall–Kier alpha value is -0.270. The molecule has 0 unspecified atom stereocenters. The maximum absolute atomic E-state index is 12.6. The third kappa shape index (κ3) is 4.96. The summed E-state index contributed by atoms with van der Waals surface area (Å²) in [5.74, 6) is -3.88. The molecule has 19 heavy (non-hydrogen) atoms. The van der Waals surface area contributed by atoms with Crippen LogP contribution in [0.3, 0.4) is 0 Å². The Morgan fingerprint density at radius 3 is 2.21 bits per heavy atom. The summed E-state index contributed by atoms with van der Waals surface area (Å²) in [6.07, 6.45) is -5.98. The van der Waals surface area contributed by atoms with Crippen LogP contribution in [0.2, 0.25) is 0 Å². The first kappa shape index (κ1) is 16.8. The lowest BCUT2D eigenvalue weighted by Crippen LogP contribution is -2.15. The van der Waals surface area contributed by atoms with E-state index in [2.05, 4.69) is 4.18 Å². The summed E-state index contributed by atoms with van der Waals surface area (Å²) in [6.45, 7) is 0. The fourth-order valence-corrected chi connectivity index (χ4v) is 3.70. The van der Waals surface area contributed by atoms with Gasteiger partial charge in [-0.2, -0.15) is 21.6 Å². The zero-order chi connectivity index (χ0) is 14.9. The van der Waals surface area contributed by atoms with Gasteiger partial charge in [-0.1, -0.05) is 12.1 Å². The Morgan fingerprint density at radius 2 is 1.74 bits per heavy atom. The minimum absolute atomic E-state index is 0.581. The normalized spacial score (nSPS) is 13.5. The van der Waals surface area contributed by atoms with Gasteiger partial charge >= 0.3 is 6.18 Å².